The molecule has 0 aliphatic carbocycles. The molecule has 0 saturated heterocycles. The van der Waals surface area contributed by atoms with E-state index in [1.54, 1.807) is 18.3 Å². The number of aromatic nitrogens is 1. The van der Waals surface area contributed by atoms with Gasteiger partial charge in [0.25, 0.3) is 0 Å². The summed E-state index contributed by atoms with van der Waals surface area (Å²) < 4.78 is 8.70. The number of H-pyrrole nitrogens is 1. The number of hydrogen-bond acceptors (Lipinski definition) is 2. The second-order valence-corrected chi connectivity index (χ2v) is 2.00. The van der Waals surface area contributed by atoms with Gasteiger partial charge in [0.05, 0.1) is 5.69 Å². The topological polar surface area (TPSA) is 90.4 Å². The minimum atomic E-state index is -2.87. The zero-order chi connectivity index (χ0) is 8.69. The second-order valence-electron chi connectivity index (χ2n) is 1.50. The van der Waals surface area contributed by atoms with Crippen molar-refractivity contribution >= 4 is 14.5 Å². The molecule has 60 valence electrons. The summed E-state index contributed by atoms with van der Waals surface area (Å²) in [5.41, 5.74) is 0.625. The summed E-state index contributed by atoms with van der Waals surface area (Å²) in [4.78, 5) is 26.8. The highest BCUT2D eigenvalue weighted by molar-refractivity contribution is 7.30. The van der Waals surface area contributed by atoms with Crippen molar-refractivity contribution in [3.8, 4) is 0 Å². The molecule has 1 rings (SSSR count). The van der Waals surface area contributed by atoms with Gasteiger partial charge in [0.1, 0.15) is 0 Å². The van der Waals surface area contributed by atoms with Crippen LogP contribution in [0.4, 0.5) is 0 Å². The van der Waals surface area contributed by atoms with Crippen molar-refractivity contribution in [3.05, 3.63) is 24.0 Å². The SMILES string of the molecule is O=Cc1ccc[nH]1.O=[P+](O)O. The molecule has 0 amide bonds. The summed E-state index contributed by atoms with van der Waals surface area (Å²) in [7, 11) is -2.87. The Bertz CT molecular complexity index is 216. The Hall–Kier alpha value is -1.03. The van der Waals surface area contributed by atoms with E-state index >= 15 is 0 Å². The lowest BCUT2D eigenvalue weighted by Crippen LogP contribution is -1.72. The lowest BCUT2D eigenvalue weighted by Gasteiger charge is -1.70. The van der Waals surface area contributed by atoms with Crippen LogP contribution in [-0.2, 0) is 4.57 Å². The number of carbonyl (C=O) groups is 1. The van der Waals surface area contributed by atoms with E-state index < -0.39 is 8.25 Å². The molecular weight excluding hydrogens is 169 g/mol. The maximum absolute atomic E-state index is 9.84. The number of nitrogens with one attached hydrogen (secondary N) is 1. The third kappa shape index (κ3) is 6.86. The maximum Gasteiger partial charge on any atom is 0.692 e. The third-order valence-corrected chi connectivity index (χ3v) is 0.749. The Kier molecular flexibility index (Phi) is 5.20. The highest BCUT2D eigenvalue weighted by atomic mass is 31.1. The van der Waals surface area contributed by atoms with Crippen molar-refractivity contribution in [2.75, 3.05) is 0 Å². The molecule has 11 heavy (non-hydrogen) atoms. The normalized spacial score (nSPS) is 7.82. The molecule has 1 aromatic heterocycles. The van der Waals surface area contributed by atoms with Crippen molar-refractivity contribution in [1.82, 2.24) is 4.98 Å². The van der Waals surface area contributed by atoms with Gasteiger partial charge in [-0.2, -0.15) is 0 Å². The van der Waals surface area contributed by atoms with E-state index in [9.17, 15) is 4.79 Å². The van der Waals surface area contributed by atoms with Gasteiger partial charge in [-0.1, -0.05) is 0 Å². The number of hydrogen-bond donors (Lipinski definition) is 3. The molecule has 3 N–H and O–H groups in total. The van der Waals surface area contributed by atoms with Crippen LogP contribution in [-0.4, -0.2) is 21.1 Å². The molecule has 0 spiro atoms. The van der Waals surface area contributed by atoms with Gasteiger partial charge in [-0.15, -0.1) is 9.79 Å². The number of aromatic amines is 1. The van der Waals surface area contributed by atoms with E-state index in [-0.39, 0.29) is 0 Å². The molecule has 0 bridgehead atoms. The molecule has 0 aliphatic rings. The molecule has 0 atom stereocenters. The predicted molar refractivity (Wildman–Crippen MR) is 38.2 cm³/mol. The first-order valence-electron chi connectivity index (χ1n) is 2.60. The van der Waals surface area contributed by atoms with Crippen LogP contribution >= 0.6 is 8.25 Å². The second kappa shape index (κ2) is 5.73. The van der Waals surface area contributed by atoms with Crippen molar-refractivity contribution < 1.29 is 19.1 Å². The van der Waals surface area contributed by atoms with E-state index in [2.05, 4.69) is 4.98 Å². The van der Waals surface area contributed by atoms with E-state index in [0.717, 1.165) is 6.29 Å². The Morgan fingerprint density at radius 3 is 2.27 bits per heavy atom. The number of carbonyl (C=O) groups excluding carboxylic acids is 1. The fraction of sp³-hybridized carbons (Fsp3) is 0. The van der Waals surface area contributed by atoms with Crippen molar-refractivity contribution in [1.29, 1.82) is 0 Å². The first-order valence-corrected chi connectivity index (χ1v) is 3.77. The number of rotatable bonds is 1. The first-order chi connectivity index (χ1) is 5.16. The van der Waals surface area contributed by atoms with Crippen LogP contribution in [0, 0.1) is 0 Å². The van der Waals surface area contributed by atoms with E-state index in [1.165, 1.54) is 0 Å². The van der Waals surface area contributed by atoms with Gasteiger partial charge in [-0.05, 0) is 12.1 Å². The van der Waals surface area contributed by atoms with Gasteiger partial charge in [-0.25, -0.2) is 0 Å². The summed E-state index contributed by atoms with van der Waals surface area (Å²) in [6.45, 7) is 0. The lowest BCUT2D eigenvalue weighted by atomic mass is 10.5. The Morgan fingerprint density at radius 1 is 1.55 bits per heavy atom. The van der Waals surface area contributed by atoms with Gasteiger partial charge in [0.15, 0.2) is 6.29 Å². The standard InChI is InChI=1S/C5H5NO.HO3P/c7-4-5-2-1-3-6-5;1-4(2)3/h1-4,6H;(H-,1,2,3)/p+1. The number of aldehydes is 1. The van der Waals surface area contributed by atoms with E-state index in [0.29, 0.717) is 5.69 Å². The zero-order valence-electron chi connectivity index (χ0n) is 5.47. The smallest absolute Gasteiger partial charge is 0.359 e. The van der Waals surface area contributed by atoms with Gasteiger partial charge in [-0.3, -0.25) is 4.79 Å². The Labute approximate surface area is 63.6 Å². The molecule has 0 saturated carbocycles. The summed E-state index contributed by atoms with van der Waals surface area (Å²) in [6, 6.07) is 3.50. The molecule has 5 nitrogen and oxygen atoms in total. The molecule has 0 fully saturated rings. The third-order valence-electron chi connectivity index (χ3n) is 0.749. The molecule has 0 aromatic carbocycles. The van der Waals surface area contributed by atoms with Crippen molar-refractivity contribution in [2.24, 2.45) is 0 Å². The highest BCUT2D eigenvalue weighted by Crippen LogP contribution is 1.98. The van der Waals surface area contributed by atoms with Crippen molar-refractivity contribution in [3.63, 3.8) is 0 Å². The fourth-order valence-corrected chi connectivity index (χ4v) is 0.418. The van der Waals surface area contributed by atoms with Crippen LogP contribution in [0.25, 0.3) is 0 Å². The van der Waals surface area contributed by atoms with Crippen molar-refractivity contribution in [2.45, 2.75) is 0 Å². The highest BCUT2D eigenvalue weighted by Gasteiger charge is 1.93. The molecule has 1 heterocycles. The summed E-state index contributed by atoms with van der Waals surface area (Å²) in [5, 5.41) is 0. The summed E-state index contributed by atoms with van der Waals surface area (Å²) >= 11 is 0. The maximum atomic E-state index is 9.84. The quantitative estimate of drug-likeness (QED) is 0.428. The molecule has 1 aromatic rings. The van der Waals surface area contributed by atoms with Crippen LogP contribution in [0.3, 0.4) is 0 Å². The van der Waals surface area contributed by atoms with Crippen LogP contribution in [0.1, 0.15) is 10.5 Å². The average molecular weight is 176 g/mol. The molecule has 0 unspecified atom stereocenters. The monoisotopic (exact) mass is 176 g/mol. The van der Waals surface area contributed by atoms with Crippen LogP contribution < -0.4 is 0 Å². The molecular formula is C5H7NO4P+. The molecule has 0 radical (unpaired) electrons. The van der Waals surface area contributed by atoms with Crippen LogP contribution in [0.2, 0.25) is 0 Å². The van der Waals surface area contributed by atoms with Gasteiger partial charge in [0.2, 0.25) is 0 Å². The van der Waals surface area contributed by atoms with Gasteiger partial charge < -0.3 is 4.98 Å². The molecule has 6 heteroatoms. The van der Waals surface area contributed by atoms with Gasteiger partial charge >= 0.3 is 8.25 Å². The van der Waals surface area contributed by atoms with Crippen LogP contribution in [0.15, 0.2) is 18.3 Å². The zero-order valence-corrected chi connectivity index (χ0v) is 6.36. The van der Waals surface area contributed by atoms with Crippen LogP contribution in [0.5, 0.6) is 0 Å². The van der Waals surface area contributed by atoms with E-state index in [1.807, 2.05) is 0 Å². The Balaban J connectivity index is 0.000000218. The average Bonchev–Trinajstić information content (AvgIpc) is 2.36. The minimum Gasteiger partial charge on any atom is -0.359 e. The predicted octanol–water partition coefficient (Wildman–Crippen LogP) is 0.456. The Morgan fingerprint density at radius 2 is 2.09 bits per heavy atom. The lowest BCUT2D eigenvalue weighted by molar-refractivity contribution is 0.111. The van der Waals surface area contributed by atoms with Gasteiger partial charge in [0, 0.05) is 10.8 Å². The molecule has 0 aliphatic heterocycles. The fourth-order valence-electron chi connectivity index (χ4n) is 0.418. The summed E-state index contributed by atoms with van der Waals surface area (Å²) in [5.74, 6) is 0. The summed E-state index contributed by atoms with van der Waals surface area (Å²) in [6.07, 6.45) is 2.49. The van der Waals surface area contributed by atoms with E-state index in [4.69, 9.17) is 14.4 Å². The largest absolute Gasteiger partial charge is 0.692 e. The minimum absolute atomic E-state index is 0.625. The first kappa shape index (κ1) is 9.97.